The van der Waals surface area contributed by atoms with Gasteiger partial charge in [0.1, 0.15) is 5.65 Å². The maximum absolute atomic E-state index is 13.0. The molecule has 0 fully saturated rings. The molecule has 2 heterocycles. The number of carboxylic acid groups (broad SMARTS) is 1. The lowest BCUT2D eigenvalue weighted by Gasteiger charge is -2.08. The first-order valence-corrected chi connectivity index (χ1v) is 7.54. The Labute approximate surface area is 141 Å². The number of nitrogens with zero attached hydrogens (tertiary/aromatic N) is 2. The van der Waals surface area contributed by atoms with Gasteiger partial charge in [0, 0.05) is 11.8 Å². The Balaban J connectivity index is 2.27. The van der Waals surface area contributed by atoms with Gasteiger partial charge in [0.05, 0.1) is 23.4 Å². The fourth-order valence-corrected chi connectivity index (χ4v) is 2.69. The highest BCUT2D eigenvalue weighted by molar-refractivity contribution is 5.76. The molecule has 0 saturated heterocycles. The number of carboxylic acids is 1. The number of carbonyl (C=O) groups is 1. The van der Waals surface area contributed by atoms with Gasteiger partial charge in [0.15, 0.2) is 0 Å². The SMILES string of the molecule is Cc1ccc(-c2nc3ccc(C(F)(F)F)cn3c2CC(=O)O)cc1C. The highest BCUT2D eigenvalue weighted by Gasteiger charge is 2.31. The number of halogens is 3. The van der Waals surface area contributed by atoms with Crippen molar-refractivity contribution in [3.05, 3.63) is 58.9 Å². The number of aliphatic carboxylic acids is 1. The first-order chi connectivity index (χ1) is 11.7. The van der Waals surface area contributed by atoms with Crippen molar-refractivity contribution in [2.45, 2.75) is 26.4 Å². The van der Waals surface area contributed by atoms with Gasteiger partial charge in [-0.25, -0.2) is 4.98 Å². The van der Waals surface area contributed by atoms with Crippen molar-refractivity contribution in [2.24, 2.45) is 0 Å². The van der Waals surface area contributed by atoms with E-state index in [1.807, 2.05) is 26.0 Å². The quantitative estimate of drug-likeness (QED) is 0.769. The predicted octanol–water partition coefficient (Wildman–Crippen LogP) is 4.26. The van der Waals surface area contributed by atoms with Crippen LogP contribution in [0.2, 0.25) is 0 Å². The number of fused-ring (bicyclic) bond motifs is 1. The Hall–Kier alpha value is -2.83. The number of alkyl halides is 3. The molecule has 7 heteroatoms. The van der Waals surface area contributed by atoms with Crippen LogP contribution in [0.5, 0.6) is 0 Å². The number of pyridine rings is 1. The molecule has 0 saturated carbocycles. The molecule has 0 aliphatic heterocycles. The van der Waals surface area contributed by atoms with E-state index in [0.29, 0.717) is 11.3 Å². The van der Waals surface area contributed by atoms with Crippen molar-refractivity contribution in [1.29, 1.82) is 0 Å². The lowest BCUT2D eigenvalue weighted by molar-refractivity contribution is -0.138. The second kappa shape index (κ2) is 5.91. The number of imidazole rings is 1. The number of benzene rings is 1. The van der Waals surface area contributed by atoms with Crippen LogP contribution < -0.4 is 0 Å². The second-order valence-electron chi connectivity index (χ2n) is 5.92. The Bertz CT molecular complexity index is 974. The van der Waals surface area contributed by atoms with E-state index in [9.17, 15) is 23.1 Å². The summed E-state index contributed by atoms with van der Waals surface area (Å²) >= 11 is 0. The van der Waals surface area contributed by atoms with Crippen LogP contribution in [-0.4, -0.2) is 20.5 Å². The maximum atomic E-state index is 13.0. The van der Waals surface area contributed by atoms with Crippen LogP contribution in [0, 0.1) is 13.8 Å². The predicted molar refractivity (Wildman–Crippen MR) is 86.4 cm³/mol. The van der Waals surface area contributed by atoms with Gasteiger partial charge in [0.2, 0.25) is 0 Å². The van der Waals surface area contributed by atoms with E-state index in [-0.39, 0.29) is 11.3 Å². The van der Waals surface area contributed by atoms with Gasteiger partial charge in [-0.15, -0.1) is 0 Å². The monoisotopic (exact) mass is 348 g/mol. The summed E-state index contributed by atoms with van der Waals surface area (Å²) in [6.45, 7) is 3.85. The lowest BCUT2D eigenvalue weighted by atomic mass is 10.0. The van der Waals surface area contributed by atoms with E-state index in [1.54, 1.807) is 6.07 Å². The second-order valence-corrected chi connectivity index (χ2v) is 5.92. The average molecular weight is 348 g/mol. The van der Waals surface area contributed by atoms with Crippen molar-refractivity contribution in [3.63, 3.8) is 0 Å². The third-order valence-corrected chi connectivity index (χ3v) is 4.14. The number of hydrogen-bond acceptors (Lipinski definition) is 2. The van der Waals surface area contributed by atoms with E-state index in [4.69, 9.17) is 0 Å². The largest absolute Gasteiger partial charge is 0.481 e. The van der Waals surface area contributed by atoms with Crippen LogP contribution in [0.25, 0.3) is 16.9 Å². The van der Waals surface area contributed by atoms with Crippen LogP contribution >= 0.6 is 0 Å². The smallest absolute Gasteiger partial charge is 0.417 e. The third-order valence-electron chi connectivity index (χ3n) is 4.14. The van der Waals surface area contributed by atoms with Gasteiger partial charge in [-0.3, -0.25) is 4.79 Å². The standard InChI is InChI=1S/C18H15F3N2O2/c1-10-3-4-12(7-11(10)2)17-14(8-16(24)25)23-9-13(18(19,20)21)5-6-15(23)22-17/h3-7,9H,8H2,1-2H3,(H,24,25). The zero-order valence-electron chi connectivity index (χ0n) is 13.6. The molecule has 0 aliphatic rings. The molecule has 0 amide bonds. The average Bonchev–Trinajstić information content (AvgIpc) is 2.86. The van der Waals surface area contributed by atoms with Crippen molar-refractivity contribution in [3.8, 4) is 11.3 Å². The molecule has 0 atom stereocenters. The van der Waals surface area contributed by atoms with Gasteiger partial charge in [-0.05, 0) is 43.2 Å². The Kier molecular flexibility index (Phi) is 4.02. The normalized spacial score (nSPS) is 11.9. The maximum Gasteiger partial charge on any atom is 0.417 e. The first kappa shape index (κ1) is 17.0. The van der Waals surface area contributed by atoms with Crippen molar-refractivity contribution < 1.29 is 23.1 Å². The minimum Gasteiger partial charge on any atom is -0.481 e. The summed E-state index contributed by atoms with van der Waals surface area (Å²) in [4.78, 5) is 15.6. The summed E-state index contributed by atoms with van der Waals surface area (Å²) in [6.07, 6.45) is -4.05. The lowest BCUT2D eigenvalue weighted by Crippen LogP contribution is -2.09. The number of hydrogen-bond donors (Lipinski definition) is 1. The van der Waals surface area contributed by atoms with Crippen LogP contribution in [0.3, 0.4) is 0 Å². The highest BCUT2D eigenvalue weighted by atomic mass is 19.4. The number of rotatable bonds is 3. The van der Waals surface area contributed by atoms with Crippen molar-refractivity contribution in [1.82, 2.24) is 9.38 Å². The summed E-state index contributed by atoms with van der Waals surface area (Å²) in [7, 11) is 0. The molecule has 0 unspecified atom stereocenters. The molecule has 2 aromatic heterocycles. The first-order valence-electron chi connectivity index (χ1n) is 7.54. The number of aromatic nitrogens is 2. The topological polar surface area (TPSA) is 54.6 Å². The molecule has 0 bridgehead atoms. The van der Waals surface area contributed by atoms with E-state index in [0.717, 1.165) is 23.4 Å². The van der Waals surface area contributed by atoms with Gasteiger partial charge in [0.25, 0.3) is 0 Å². The fourth-order valence-electron chi connectivity index (χ4n) is 2.69. The minimum atomic E-state index is -4.51. The Morgan fingerprint density at radius 3 is 2.48 bits per heavy atom. The zero-order chi connectivity index (χ0) is 18.4. The molecule has 3 rings (SSSR count). The molecule has 0 radical (unpaired) electrons. The third kappa shape index (κ3) is 3.22. The molecule has 1 N–H and O–H groups in total. The molecule has 3 aromatic rings. The van der Waals surface area contributed by atoms with E-state index < -0.39 is 24.1 Å². The van der Waals surface area contributed by atoms with E-state index in [2.05, 4.69) is 4.98 Å². The van der Waals surface area contributed by atoms with E-state index in [1.165, 1.54) is 10.5 Å². The molecular weight excluding hydrogens is 333 g/mol. The van der Waals surface area contributed by atoms with Crippen molar-refractivity contribution >= 4 is 11.6 Å². The highest BCUT2D eigenvalue weighted by Crippen LogP contribution is 2.32. The summed E-state index contributed by atoms with van der Waals surface area (Å²) in [5.74, 6) is -1.13. The summed E-state index contributed by atoms with van der Waals surface area (Å²) in [5.41, 5.74) is 2.75. The van der Waals surface area contributed by atoms with Gasteiger partial charge in [-0.1, -0.05) is 12.1 Å². The summed E-state index contributed by atoms with van der Waals surface area (Å²) < 4.78 is 40.2. The molecular formula is C18H15F3N2O2. The Morgan fingerprint density at radius 1 is 1.16 bits per heavy atom. The minimum absolute atomic E-state index is 0.219. The summed E-state index contributed by atoms with van der Waals surface area (Å²) in [6, 6.07) is 7.71. The van der Waals surface area contributed by atoms with Crippen molar-refractivity contribution in [2.75, 3.05) is 0 Å². The molecule has 0 aliphatic carbocycles. The van der Waals surface area contributed by atoms with Crippen LogP contribution in [-0.2, 0) is 17.4 Å². The van der Waals surface area contributed by atoms with Crippen LogP contribution in [0.15, 0.2) is 36.5 Å². The van der Waals surface area contributed by atoms with Crippen LogP contribution in [0.1, 0.15) is 22.4 Å². The zero-order valence-corrected chi connectivity index (χ0v) is 13.6. The van der Waals surface area contributed by atoms with Gasteiger partial charge < -0.3 is 9.51 Å². The Morgan fingerprint density at radius 2 is 1.88 bits per heavy atom. The molecule has 0 spiro atoms. The van der Waals surface area contributed by atoms with Gasteiger partial charge in [-0.2, -0.15) is 13.2 Å². The number of aryl methyl sites for hydroxylation is 2. The van der Waals surface area contributed by atoms with Gasteiger partial charge >= 0.3 is 12.1 Å². The molecule has 1 aromatic carbocycles. The fraction of sp³-hybridized carbons (Fsp3) is 0.222. The van der Waals surface area contributed by atoms with E-state index >= 15 is 0 Å². The molecule has 4 nitrogen and oxygen atoms in total. The molecule has 25 heavy (non-hydrogen) atoms. The van der Waals surface area contributed by atoms with Crippen LogP contribution in [0.4, 0.5) is 13.2 Å². The molecule has 130 valence electrons. The summed E-state index contributed by atoms with van der Waals surface area (Å²) in [5, 5.41) is 9.18.